The predicted octanol–water partition coefficient (Wildman–Crippen LogP) is 3.96. The zero-order valence-electron chi connectivity index (χ0n) is 14.4. The van der Waals surface area contributed by atoms with Crippen LogP contribution in [0.1, 0.15) is 50.8 Å². The van der Waals surface area contributed by atoms with Crippen molar-refractivity contribution in [2.75, 3.05) is 0 Å². The summed E-state index contributed by atoms with van der Waals surface area (Å²) >= 11 is 0. The normalized spacial score (nSPS) is 16.2. The molecule has 0 radical (unpaired) electrons. The molecule has 1 aromatic heterocycles. The first-order valence-electron chi connectivity index (χ1n) is 8.32. The van der Waals surface area contributed by atoms with Gasteiger partial charge in [0.15, 0.2) is 0 Å². The Morgan fingerprint density at radius 3 is 2.62 bits per heavy atom. The molecule has 0 spiro atoms. The summed E-state index contributed by atoms with van der Waals surface area (Å²) in [5, 5.41) is 20.4. The van der Waals surface area contributed by atoms with Gasteiger partial charge in [-0.3, -0.25) is 9.88 Å². The molecule has 0 aliphatic heterocycles. The van der Waals surface area contributed by atoms with E-state index in [0.717, 1.165) is 34.9 Å². The Hall–Kier alpha value is -2.14. The maximum Gasteiger partial charge on any atom is 0.408 e. The summed E-state index contributed by atoms with van der Waals surface area (Å²) in [5.41, 5.74) is 2.17. The fourth-order valence-electron chi connectivity index (χ4n) is 3.45. The Morgan fingerprint density at radius 1 is 1.38 bits per heavy atom. The fraction of sp³-hybridized carbons (Fsp3) is 0.474. The van der Waals surface area contributed by atoms with Gasteiger partial charge in [0.25, 0.3) is 0 Å². The molecule has 2 aromatic rings. The van der Waals surface area contributed by atoms with Gasteiger partial charge in [-0.05, 0) is 42.0 Å². The van der Waals surface area contributed by atoms with Gasteiger partial charge in [0.2, 0.25) is 0 Å². The van der Waals surface area contributed by atoms with Crippen LogP contribution in [0.2, 0.25) is 0 Å². The number of fused-ring (bicyclic) bond motifs is 1. The van der Waals surface area contributed by atoms with E-state index in [9.17, 15) is 15.0 Å². The average Bonchev–Trinajstić information content (AvgIpc) is 3.34. The SMILES string of the molecule is CC(C)(C)C(c1cc(CO)cc2cccnc12)N(C(=O)O)C1CC1. The lowest BCUT2D eigenvalue weighted by molar-refractivity contribution is 0.0772. The van der Waals surface area contributed by atoms with Crippen LogP contribution < -0.4 is 0 Å². The lowest BCUT2D eigenvalue weighted by Gasteiger charge is -2.39. The molecule has 1 aromatic carbocycles. The maximum absolute atomic E-state index is 12.0. The quantitative estimate of drug-likeness (QED) is 0.891. The van der Waals surface area contributed by atoms with Gasteiger partial charge in [-0.1, -0.05) is 26.8 Å². The second kappa shape index (κ2) is 6.06. The second-order valence-corrected chi connectivity index (χ2v) is 7.61. The van der Waals surface area contributed by atoms with Gasteiger partial charge in [0, 0.05) is 23.2 Å². The number of amides is 1. The molecule has 24 heavy (non-hydrogen) atoms. The summed E-state index contributed by atoms with van der Waals surface area (Å²) in [6, 6.07) is 7.38. The largest absolute Gasteiger partial charge is 0.465 e. The highest BCUT2D eigenvalue weighted by Crippen LogP contribution is 2.45. The van der Waals surface area contributed by atoms with Crippen LogP contribution >= 0.6 is 0 Å². The van der Waals surface area contributed by atoms with Crippen molar-refractivity contribution in [2.45, 2.75) is 52.3 Å². The molecule has 3 rings (SSSR count). The van der Waals surface area contributed by atoms with Gasteiger partial charge in [-0.15, -0.1) is 0 Å². The van der Waals surface area contributed by atoms with Crippen molar-refractivity contribution in [1.29, 1.82) is 0 Å². The molecule has 1 aliphatic carbocycles. The molecule has 1 unspecified atom stereocenters. The van der Waals surface area contributed by atoms with Crippen LogP contribution in [0.3, 0.4) is 0 Å². The van der Waals surface area contributed by atoms with Crippen LogP contribution in [0.5, 0.6) is 0 Å². The molecule has 1 atom stereocenters. The Balaban J connectivity index is 2.24. The summed E-state index contributed by atoms with van der Waals surface area (Å²) in [6.07, 6.45) is 2.65. The van der Waals surface area contributed by atoms with E-state index >= 15 is 0 Å². The molecular formula is C19H24N2O3. The number of aromatic nitrogens is 1. The highest BCUT2D eigenvalue weighted by atomic mass is 16.4. The average molecular weight is 328 g/mol. The number of aliphatic hydroxyl groups is 1. The van der Waals surface area contributed by atoms with Crippen molar-refractivity contribution in [3.63, 3.8) is 0 Å². The van der Waals surface area contributed by atoms with Crippen molar-refractivity contribution in [2.24, 2.45) is 5.41 Å². The summed E-state index contributed by atoms with van der Waals surface area (Å²) in [7, 11) is 0. The van der Waals surface area contributed by atoms with E-state index in [-0.39, 0.29) is 24.1 Å². The number of carbonyl (C=O) groups is 1. The summed E-state index contributed by atoms with van der Waals surface area (Å²) < 4.78 is 0. The number of aliphatic hydroxyl groups excluding tert-OH is 1. The number of pyridine rings is 1. The van der Waals surface area contributed by atoms with Crippen LogP contribution in [-0.4, -0.2) is 32.2 Å². The first kappa shape index (κ1) is 16.7. The molecule has 1 saturated carbocycles. The van der Waals surface area contributed by atoms with Crippen molar-refractivity contribution in [1.82, 2.24) is 9.88 Å². The molecule has 1 aliphatic rings. The minimum Gasteiger partial charge on any atom is -0.465 e. The van der Waals surface area contributed by atoms with Crippen LogP contribution in [0, 0.1) is 5.41 Å². The van der Waals surface area contributed by atoms with Crippen molar-refractivity contribution >= 4 is 17.0 Å². The number of nitrogens with zero attached hydrogens (tertiary/aromatic N) is 2. The van der Waals surface area contributed by atoms with E-state index < -0.39 is 6.09 Å². The summed E-state index contributed by atoms with van der Waals surface area (Å²) in [5.74, 6) is 0. The van der Waals surface area contributed by atoms with E-state index in [2.05, 4.69) is 25.8 Å². The Bertz CT molecular complexity index is 763. The molecular weight excluding hydrogens is 304 g/mol. The number of rotatable bonds is 4. The predicted molar refractivity (Wildman–Crippen MR) is 92.7 cm³/mol. The van der Waals surface area contributed by atoms with Gasteiger partial charge in [-0.25, -0.2) is 4.79 Å². The molecule has 0 bridgehead atoms. The van der Waals surface area contributed by atoms with Gasteiger partial charge in [0.1, 0.15) is 0 Å². The monoisotopic (exact) mass is 328 g/mol. The molecule has 0 saturated heterocycles. The molecule has 5 heteroatoms. The Kier molecular flexibility index (Phi) is 4.22. The van der Waals surface area contributed by atoms with E-state index in [0.29, 0.717) is 0 Å². The lowest BCUT2D eigenvalue weighted by Crippen LogP contribution is -2.42. The highest BCUT2D eigenvalue weighted by Gasteiger charge is 2.43. The zero-order valence-corrected chi connectivity index (χ0v) is 14.4. The van der Waals surface area contributed by atoms with E-state index in [1.165, 1.54) is 0 Å². The van der Waals surface area contributed by atoms with Crippen molar-refractivity contribution in [3.05, 3.63) is 41.6 Å². The van der Waals surface area contributed by atoms with E-state index in [4.69, 9.17) is 0 Å². The lowest BCUT2D eigenvalue weighted by atomic mass is 9.80. The third-order valence-electron chi connectivity index (χ3n) is 4.53. The molecule has 1 heterocycles. The molecule has 128 valence electrons. The highest BCUT2D eigenvalue weighted by molar-refractivity contribution is 5.83. The molecule has 5 nitrogen and oxygen atoms in total. The summed E-state index contributed by atoms with van der Waals surface area (Å²) in [6.45, 7) is 6.08. The fourth-order valence-corrected chi connectivity index (χ4v) is 3.45. The summed E-state index contributed by atoms with van der Waals surface area (Å²) in [4.78, 5) is 18.1. The number of hydrogen-bond donors (Lipinski definition) is 2. The third-order valence-corrected chi connectivity index (χ3v) is 4.53. The Labute approximate surface area is 141 Å². The second-order valence-electron chi connectivity index (χ2n) is 7.61. The zero-order chi connectivity index (χ0) is 17.5. The third kappa shape index (κ3) is 3.08. The minimum atomic E-state index is -0.893. The number of carboxylic acid groups (broad SMARTS) is 1. The van der Waals surface area contributed by atoms with Gasteiger partial charge < -0.3 is 10.2 Å². The van der Waals surface area contributed by atoms with Crippen LogP contribution in [0.15, 0.2) is 30.5 Å². The minimum absolute atomic E-state index is 0.0725. The van der Waals surface area contributed by atoms with Crippen LogP contribution in [0.25, 0.3) is 10.9 Å². The molecule has 1 amide bonds. The topological polar surface area (TPSA) is 73.7 Å². The van der Waals surface area contributed by atoms with Crippen LogP contribution in [-0.2, 0) is 6.61 Å². The van der Waals surface area contributed by atoms with E-state index in [1.807, 2.05) is 24.3 Å². The first-order chi connectivity index (χ1) is 11.3. The van der Waals surface area contributed by atoms with Gasteiger partial charge in [0.05, 0.1) is 18.2 Å². The number of benzene rings is 1. The maximum atomic E-state index is 12.0. The molecule has 1 fully saturated rings. The Morgan fingerprint density at radius 2 is 2.08 bits per heavy atom. The smallest absolute Gasteiger partial charge is 0.408 e. The van der Waals surface area contributed by atoms with Crippen molar-refractivity contribution < 1.29 is 15.0 Å². The van der Waals surface area contributed by atoms with Crippen LogP contribution in [0.4, 0.5) is 4.79 Å². The van der Waals surface area contributed by atoms with E-state index in [1.54, 1.807) is 11.1 Å². The van der Waals surface area contributed by atoms with Gasteiger partial charge in [-0.2, -0.15) is 0 Å². The van der Waals surface area contributed by atoms with Crippen molar-refractivity contribution in [3.8, 4) is 0 Å². The number of hydrogen-bond acceptors (Lipinski definition) is 3. The standard InChI is InChI=1S/C19H24N2O3/c1-19(2,3)17(21(18(23)24)14-6-7-14)15-10-12(11-22)9-13-5-4-8-20-16(13)15/h4-5,8-10,14,17,22H,6-7,11H2,1-3H3,(H,23,24). The van der Waals surface area contributed by atoms with Gasteiger partial charge >= 0.3 is 6.09 Å². The first-order valence-corrected chi connectivity index (χ1v) is 8.32. The molecule has 2 N–H and O–H groups in total.